The van der Waals surface area contributed by atoms with Crippen LogP contribution in [0, 0.1) is 10.1 Å². The number of ether oxygens (including phenoxy) is 1. The van der Waals surface area contributed by atoms with Crippen molar-refractivity contribution >= 4 is 65.3 Å². The minimum atomic E-state index is -1.24. The van der Waals surface area contributed by atoms with Crippen LogP contribution in [0.5, 0.6) is 0 Å². The zero-order chi connectivity index (χ0) is 36.6. The number of benzene rings is 3. The normalized spacial score (nSPS) is 18.5. The van der Waals surface area contributed by atoms with Crippen LogP contribution in [0.1, 0.15) is 60.8 Å². The highest BCUT2D eigenvalue weighted by atomic mass is 32.2. The van der Waals surface area contributed by atoms with Crippen molar-refractivity contribution in [3.63, 3.8) is 0 Å². The molecule has 0 saturated carbocycles. The molecule has 18 heteroatoms. The van der Waals surface area contributed by atoms with Gasteiger partial charge in [0.25, 0.3) is 35.2 Å². The van der Waals surface area contributed by atoms with Crippen LogP contribution in [0.25, 0.3) is 0 Å². The number of hydrogen-bond donors (Lipinski definition) is 2. The molecule has 0 radical (unpaired) electrons. The molecule has 0 spiro atoms. The lowest BCUT2D eigenvalue weighted by Gasteiger charge is -2.46. The van der Waals surface area contributed by atoms with E-state index >= 15 is 0 Å². The fourth-order valence-corrected chi connectivity index (χ4v) is 6.44. The van der Waals surface area contributed by atoms with E-state index < -0.39 is 63.4 Å². The Bertz CT molecular complexity index is 2050. The van der Waals surface area contributed by atoms with Gasteiger partial charge in [0.05, 0.1) is 33.4 Å². The number of nitrogens with one attached hydrogen (secondary N) is 2. The maximum atomic E-state index is 13.8. The highest BCUT2D eigenvalue weighted by Crippen LogP contribution is 2.35. The summed E-state index contributed by atoms with van der Waals surface area (Å²) in [5, 5.41) is 17.7. The average molecular weight is 712 g/mol. The van der Waals surface area contributed by atoms with Crippen LogP contribution in [0.2, 0.25) is 0 Å². The van der Waals surface area contributed by atoms with Crippen molar-refractivity contribution in [3.8, 4) is 0 Å². The molecule has 3 aromatic rings. The lowest BCUT2D eigenvalue weighted by Crippen LogP contribution is -2.70. The summed E-state index contributed by atoms with van der Waals surface area (Å²) < 4.78 is 5.50. The van der Waals surface area contributed by atoms with Crippen LogP contribution in [0.3, 0.4) is 0 Å². The second-order valence-electron chi connectivity index (χ2n) is 11.2. The van der Waals surface area contributed by atoms with Gasteiger partial charge in [-0.3, -0.25) is 43.8 Å². The minimum Gasteiger partial charge on any atom is -0.456 e. The number of amides is 6. The fourth-order valence-electron chi connectivity index (χ4n) is 5.42. The number of hydrazine groups is 1. The van der Waals surface area contributed by atoms with E-state index in [-0.39, 0.29) is 40.1 Å². The van der Waals surface area contributed by atoms with Crippen LogP contribution in [0.4, 0.5) is 5.69 Å². The third-order valence-corrected chi connectivity index (χ3v) is 8.94. The molecule has 1 saturated heterocycles. The summed E-state index contributed by atoms with van der Waals surface area (Å²) in [4.78, 5) is 105. The molecule has 1 fully saturated rings. The smallest absolute Gasteiger partial charge is 0.355 e. The number of esters is 1. The standard InChI is InChI=1S/C33H25N7O10S/c1-17(15-34-38-27(42)21-7-3-4-8-22(21)28(38)43)26(33(47)50-16-19-11-13-20(14-12-19)40(48)49)37-31(46)25(35-18(2)41)32(37)51-36-39-29(44)23-9-5-6-10-24(23)30(39)45/h3-15,25,32,36H,16H2,1-2H3,(H,35,41)/b26-17-,34-15+/t25-,32?/m1/s1. The Morgan fingerprint density at radius 2 is 1.39 bits per heavy atom. The summed E-state index contributed by atoms with van der Waals surface area (Å²) in [5.74, 6) is -5.21. The number of non-ortho nitro benzene ring substituents is 1. The minimum absolute atomic E-state index is 0.0544. The molecular formula is C33H25N7O10S. The number of rotatable bonds is 11. The number of hydrogen-bond acceptors (Lipinski definition) is 13. The first-order valence-electron chi connectivity index (χ1n) is 15.0. The second-order valence-corrected chi connectivity index (χ2v) is 12.1. The van der Waals surface area contributed by atoms with Gasteiger partial charge in [0, 0.05) is 24.6 Å². The molecule has 258 valence electrons. The molecule has 2 atom stereocenters. The molecule has 6 rings (SSSR count). The van der Waals surface area contributed by atoms with Gasteiger partial charge in [0.15, 0.2) is 0 Å². The topological polar surface area (TPSA) is 218 Å². The first-order chi connectivity index (χ1) is 24.4. The van der Waals surface area contributed by atoms with E-state index in [0.717, 1.165) is 16.1 Å². The van der Waals surface area contributed by atoms with Gasteiger partial charge in [0.2, 0.25) is 5.91 Å². The number of likely N-dealkylation sites (tertiary alicyclic amines) is 1. The number of nitro groups is 1. The SMILES string of the molecule is CC(=O)N[C@@H]1C(=O)N(/C(C(=O)OCc2ccc([N+](=O)[O-])cc2)=C(C)\C=N\N2C(=O)c3ccccc3C2=O)C1SNN1C(=O)c2ccccc2C1=O. The Morgan fingerprint density at radius 1 is 0.863 bits per heavy atom. The highest BCUT2D eigenvalue weighted by molar-refractivity contribution is 7.98. The molecular weight excluding hydrogens is 686 g/mol. The molecule has 0 aliphatic carbocycles. The maximum Gasteiger partial charge on any atom is 0.355 e. The van der Waals surface area contributed by atoms with Crippen LogP contribution in [-0.4, -0.2) is 78.9 Å². The first kappa shape index (κ1) is 34.3. The summed E-state index contributed by atoms with van der Waals surface area (Å²) in [6, 6.07) is 16.1. The number of carbonyl (C=O) groups is 7. The van der Waals surface area contributed by atoms with Gasteiger partial charge < -0.3 is 10.1 Å². The maximum absolute atomic E-state index is 13.8. The lowest BCUT2D eigenvalue weighted by molar-refractivity contribution is -0.384. The van der Waals surface area contributed by atoms with Gasteiger partial charge in [-0.25, -0.2) is 4.79 Å². The number of β-lactam (4-membered cyclic amide) rings is 1. The van der Waals surface area contributed by atoms with Gasteiger partial charge >= 0.3 is 5.97 Å². The summed E-state index contributed by atoms with van der Waals surface area (Å²) in [6.07, 6.45) is 1.02. The predicted octanol–water partition coefficient (Wildman–Crippen LogP) is 2.32. The van der Waals surface area contributed by atoms with Crippen LogP contribution >= 0.6 is 11.9 Å². The summed E-state index contributed by atoms with van der Waals surface area (Å²) in [6.45, 7) is 2.15. The number of hydrazone groups is 1. The number of nitrogens with zero attached hydrogens (tertiary/aromatic N) is 5. The van der Waals surface area contributed by atoms with E-state index in [4.69, 9.17) is 4.74 Å². The molecule has 2 N–H and O–H groups in total. The second kappa shape index (κ2) is 13.8. The van der Waals surface area contributed by atoms with Crippen molar-refractivity contribution in [2.75, 3.05) is 0 Å². The fraction of sp³-hybridized carbons (Fsp3) is 0.152. The van der Waals surface area contributed by atoms with E-state index in [1.165, 1.54) is 62.4 Å². The number of fused-ring (bicyclic) bond motifs is 2. The van der Waals surface area contributed by atoms with Crippen LogP contribution in [0.15, 0.2) is 89.2 Å². The zero-order valence-electron chi connectivity index (χ0n) is 26.6. The van der Waals surface area contributed by atoms with E-state index in [9.17, 15) is 43.7 Å². The van der Waals surface area contributed by atoms with Crippen molar-refractivity contribution in [2.45, 2.75) is 31.9 Å². The molecule has 0 bridgehead atoms. The molecule has 0 aromatic heterocycles. The van der Waals surface area contributed by atoms with Gasteiger partial charge in [0.1, 0.15) is 23.7 Å². The van der Waals surface area contributed by atoms with E-state index in [2.05, 4.69) is 15.2 Å². The van der Waals surface area contributed by atoms with Gasteiger partial charge in [-0.15, -0.1) is 0 Å². The number of nitro benzene ring substituents is 1. The molecule has 51 heavy (non-hydrogen) atoms. The Hall–Kier alpha value is -6.53. The van der Waals surface area contributed by atoms with Crippen molar-refractivity contribution < 1.29 is 43.2 Å². The number of carbonyl (C=O) groups excluding carboxylic acids is 7. The van der Waals surface area contributed by atoms with E-state index in [0.29, 0.717) is 22.5 Å². The van der Waals surface area contributed by atoms with Gasteiger partial charge in [-0.05, 0) is 60.8 Å². The highest BCUT2D eigenvalue weighted by Gasteiger charge is 2.53. The van der Waals surface area contributed by atoms with Crippen LogP contribution < -0.4 is 10.1 Å². The lowest BCUT2D eigenvalue weighted by atomic mass is 10.0. The number of allylic oxidation sites excluding steroid dienone is 1. The third kappa shape index (κ3) is 6.35. The Morgan fingerprint density at radius 3 is 1.90 bits per heavy atom. The number of imide groups is 2. The Kier molecular flexibility index (Phi) is 9.27. The molecule has 1 unspecified atom stereocenters. The first-order valence-corrected chi connectivity index (χ1v) is 15.9. The van der Waals surface area contributed by atoms with E-state index in [1.54, 1.807) is 24.3 Å². The molecule has 6 amide bonds. The van der Waals surface area contributed by atoms with Crippen molar-refractivity contribution in [3.05, 3.63) is 122 Å². The molecule has 3 heterocycles. The summed E-state index contributed by atoms with van der Waals surface area (Å²) in [5.41, 5.74) is 0.247. The van der Waals surface area contributed by atoms with Crippen LogP contribution in [-0.2, 0) is 25.7 Å². The van der Waals surface area contributed by atoms with Crippen molar-refractivity contribution in [1.82, 2.24) is 25.1 Å². The molecule has 17 nitrogen and oxygen atoms in total. The van der Waals surface area contributed by atoms with Crippen molar-refractivity contribution in [1.29, 1.82) is 0 Å². The Balaban J connectivity index is 1.31. The van der Waals surface area contributed by atoms with Gasteiger partial charge in [-0.2, -0.15) is 20.0 Å². The third-order valence-electron chi connectivity index (χ3n) is 7.93. The van der Waals surface area contributed by atoms with E-state index in [1.807, 2.05) is 0 Å². The van der Waals surface area contributed by atoms with Gasteiger partial charge in [-0.1, -0.05) is 24.3 Å². The summed E-state index contributed by atoms with van der Waals surface area (Å²) >= 11 is 0.674. The van der Waals surface area contributed by atoms with Crippen molar-refractivity contribution in [2.24, 2.45) is 5.10 Å². The Labute approximate surface area is 292 Å². The summed E-state index contributed by atoms with van der Waals surface area (Å²) in [7, 11) is 0. The average Bonchev–Trinajstić information content (AvgIpc) is 3.51. The monoisotopic (exact) mass is 711 g/mol. The molecule has 3 aliphatic heterocycles. The quantitative estimate of drug-likeness (QED) is 0.0428. The zero-order valence-corrected chi connectivity index (χ0v) is 27.4. The molecule has 3 aliphatic rings. The molecule has 3 aromatic carbocycles. The largest absolute Gasteiger partial charge is 0.456 e. The predicted molar refractivity (Wildman–Crippen MR) is 177 cm³/mol.